The molecule has 0 saturated carbocycles. The Labute approximate surface area is 209 Å². The van der Waals surface area contributed by atoms with E-state index >= 15 is 0 Å². The number of hydrogen-bond donors (Lipinski definition) is 1. The van der Waals surface area contributed by atoms with Crippen LogP contribution in [0.2, 0.25) is 10.0 Å². The van der Waals surface area contributed by atoms with Crippen LogP contribution >= 0.6 is 23.2 Å². The van der Waals surface area contributed by atoms with Gasteiger partial charge in [0.1, 0.15) is 24.1 Å². The van der Waals surface area contributed by atoms with Gasteiger partial charge in [-0.3, -0.25) is 13.9 Å². The monoisotopic (exact) mass is 531 g/mol. The largest absolute Gasteiger partial charge is 0.497 e. The van der Waals surface area contributed by atoms with Crippen molar-refractivity contribution in [2.75, 3.05) is 38.4 Å². The number of methoxy groups -OCH3 is 2. The molecule has 2 amide bonds. The molecule has 0 aliphatic heterocycles. The molecule has 1 N–H and O–H groups in total. The summed E-state index contributed by atoms with van der Waals surface area (Å²) in [6.45, 7) is 0.828. The molecule has 0 saturated heterocycles. The summed E-state index contributed by atoms with van der Waals surface area (Å²) in [4.78, 5) is 27.1. The molecule has 186 valence electrons. The van der Waals surface area contributed by atoms with Gasteiger partial charge in [-0.2, -0.15) is 0 Å². The lowest BCUT2D eigenvalue weighted by Crippen LogP contribution is -2.50. The summed E-state index contributed by atoms with van der Waals surface area (Å²) in [5.74, 6) is -0.443. The van der Waals surface area contributed by atoms with Crippen molar-refractivity contribution in [3.63, 3.8) is 0 Å². The molecule has 0 spiro atoms. The smallest absolute Gasteiger partial charge is 0.244 e. The normalized spacial score (nSPS) is 12.0. The summed E-state index contributed by atoms with van der Waals surface area (Å²) in [5, 5.41) is 3.12. The Kier molecular flexibility index (Phi) is 9.43. The Hall–Kier alpha value is -2.69. The minimum Gasteiger partial charge on any atom is -0.497 e. The zero-order chi connectivity index (χ0) is 25.6. The third-order valence-electron chi connectivity index (χ3n) is 5.14. The highest BCUT2D eigenvalue weighted by molar-refractivity contribution is 7.92. The first-order chi connectivity index (χ1) is 15.9. The molecule has 2 aromatic rings. The summed E-state index contributed by atoms with van der Waals surface area (Å²) in [6, 6.07) is 8.47. The number of nitrogens with one attached hydrogen (secondary N) is 1. The van der Waals surface area contributed by atoms with E-state index in [4.69, 9.17) is 32.7 Å². The third kappa shape index (κ3) is 6.46. The second-order valence-electron chi connectivity index (χ2n) is 7.32. The minimum absolute atomic E-state index is 0.108. The molecule has 0 aliphatic rings. The Morgan fingerprint density at radius 2 is 1.71 bits per heavy atom. The average molecular weight is 532 g/mol. The number of carbonyl (C=O) groups excluding carboxylic acids is 2. The van der Waals surface area contributed by atoms with Crippen LogP contribution in [0.25, 0.3) is 0 Å². The second kappa shape index (κ2) is 11.6. The highest BCUT2D eigenvalue weighted by Gasteiger charge is 2.31. The average Bonchev–Trinajstić information content (AvgIpc) is 2.80. The fraction of sp³-hybridized carbons (Fsp3) is 0.364. The molecule has 12 heteroatoms. The molecule has 9 nitrogen and oxygen atoms in total. The third-order valence-corrected chi connectivity index (χ3v) is 6.97. The number of rotatable bonds is 10. The van der Waals surface area contributed by atoms with Crippen molar-refractivity contribution in [3.05, 3.63) is 52.0 Å². The lowest BCUT2D eigenvalue weighted by molar-refractivity contribution is -0.139. The van der Waals surface area contributed by atoms with E-state index in [0.29, 0.717) is 21.4 Å². The molecule has 2 rings (SSSR count). The van der Waals surface area contributed by atoms with Gasteiger partial charge in [0, 0.05) is 35.3 Å². The highest BCUT2D eigenvalue weighted by Crippen LogP contribution is 2.34. The maximum Gasteiger partial charge on any atom is 0.244 e. The Bertz CT molecular complexity index is 1140. The number of sulfonamides is 1. The van der Waals surface area contributed by atoms with E-state index in [9.17, 15) is 18.0 Å². The second-order valence-corrected chi connectivity index (χ2v) is 10.0. The van der Waals surface area contributed by atoms with Crippen LogP contribution in [0.5, 0.6) is 11.5 Å². The van der Waals surface area contributed by atoms with Crippen LogP contribution in [0.15, 0.2) is 36.4 Å². The first kappa shape index (κ1) is 27.6. The number of hydrogen-bond acceptors (Lipinski definition) is 6. The first-order valence-electron chi connectivity index (χ1n) is 10.1. The fourth-order valence-electron chi connectivity index (χ4n) is 3.23. The lowest BCUT2D eigenvalue weighted by atomic mass is 10.1. The van der Waals surface area contributed by atoms with Crippen molar-refractivity contribution < 1.29 is 27.5 Å². The zero-order valence-electron chi connectivity index (χ0n) is 19.5. The summed E-state index contributed by atoms with van der Waals surface area (Å²) < 4.78 is 36.8. The van der Waals surface area contributed by atoms with Crippen molar-refractivity contribution in [1.82, 2.24) is 10.2 Å². The van der Waals surface area contributed by atoms with Crippen molar-refractivity contribution in [3.8, 4) is 11.5 Å². The molecular weight excluding hydrogens is 505 g/mol. The maximum absolute atomic E-state index is 13.5. The van der Waals surface area contributed by atoms with Crippen molar-refractivity contribution >= 4 is 50.7 Å². The van der Waals surface area contributed by atoms with Gasteiger partial charge in [0.05, 0.1) is 26.2 Å². The van der Waals surface area contributed by atoms with Gasteiger partial charge in [-0.25, -0.2) is 8.42 Å². The number of carbonyl (C=O) groups is 2. The molecule has 1 atom stereocenters. The Morgan fingerprint density at radius 1 is 1.09 bits per heavy atom. The lowest BCUT2D eigenvalue weighted by Gasteiger charge is -2.32. The summed E-state index contributed by atoms with van der Waals surface area (Å²) in [5.41, 5.74) is 0.574. The Balaban J connectivity index is 2.51. The number of likely N-dealkylation sites (N-methyl/N-ethyl adjacent to an activating group) is 1. The molecule has 2 aromatic carbocycles. The van der Waals surface area contributed by atoms with Gasteiger partial charge in [0.25, 0.3) is 0 Å². The number of amides is 2. The molecule has 0 heterocycles. The van der Waals surface area contributed by atoms with Gasteiger partial charge < -0.3 is 19.7 Å². The Morgan fingerprint density at radius 3 is 2.21 bits per heavy atom. The van der Waals surface area contributed by atoms with Crippen LogP contribution in [-0.2, 0) is 26.2 Å². The fourth-order valence-corrected chi connectivity index (χ4v) is 4.60. The van der Waals surface area contributed by atoms with E-state index in [0.717, 1.165) is 10.6 Å². The van der Waals surface area contributed by atoms with Crippen molar-refractivity contribution in [1.29, 1.82) is 0 Å². The topological polar surface area (TPSA) is 105 Å². The number of benzene rings is 2. The van der Waals surface area contributed by atoms with E-state index in [1.807, 2.05) is 0 Å². The van der Waals surface area contributed by atoms with Gasteiger partial charge in [-0.1, -0.05) is 29.3 Å². The minimum atomic E-state index is -3.93. The van der Waals surface area contributed by atoms with Crippen LogP contribution < -0.4 is 19.1 Å². The summed E-state index contributed by atoms with van der Waals surface area (Å²) in [7, 11) is 0.350. The van der Waals surface area contributed by atoms with Crippen LogP contribution in [0.4, 0.5) is 5.69 Å². The van der Waals surface area contributed by atoms with Gasteiger partial charge in [0.2, 0.25) is 21.8 Å². The molecule has 0 radical (unpaired) electrons. The van der Waals surface area contributed by atoms with E-state index in [1.54, 1.807) is 24.3 Å². The molecule has 34 heavy (non-hydrogen) atoms. The molecule has 1 unspecified atom stereocenters. The first-order valence-corrected chi connectivity index (χ1v) is 12.7. The molecule has 0 bridgehead atoms. The van der Waals surface area contributed by atoms with E-state index in [-0.39, 0.29) is 18.0 Å². The van der Waals surface area contributed by atoms with Gasteiger partial charge in [0.15, 0.2) is 0 Å². The summed E-state index contributed by atoms with van der Waals surface area (Å²) in [6.07, 6.45) is 0.974. The maximum atomic E-state index is 13.5. The molecule has 0 fully saturated rings. The predicted molar refractivity (Wildman–Crippen MR) is 132 cm³/mol. The van der Waals surface area contributed by atoms with E-state index in [2.05, 4.69) is 5.32 Å². The number of anilines is 1. The van der Waals surface area contributed by atoms with Crippen molar-refractivity contribution in [2.45, 2.75) is 19.5 Å². The molecule has 0 aliphatic carbocycles. The van der Waals surface area contributed by atoms with E-state index in [1.165, 1.54) is 45.2 Å². The standard InChI is InChI=1S/C22H27Cl2N3O6S/c1-14(22(29)25-2)26(12-16-17(23)7-6-8-18(16)24)21(28)13-27(34(5,30)31)19-10-9-15(32-3)11-20(19)33-4/h6-11,14H,12-13H2,1-5H3,(H,25,29). The van der Waals surface area contributed by atoms with Crippen LogP contribution in [0.3, 0.4) is 0 Å². The van der Waals surface area contributed by atoms with E-state index < -0.39 is 34.4 Å². The highest BCUT2D eigenvalue weighted by atomic mass is 35.5. The number of halogens is 2. The predicted octanol–water partition coefficient (Wildman–Crippen LogP) is 2.94. The van der Waals surface area contributed by atoms with Gasteiger partial charge >= 0.3 is 0 Å². The van der Waals surface area contributed by atoms with Crippen LogP contribution in [0, 0.1) is 0 Å². The number of nitrogens with zero attached hydrogens (tertiary/aromatic N) is 2. The van der Waals surface area contributed by atoms with Crippen LogP contribution in [0.1, 0.15) is 12.5 Å². The van der Waals surface area contributed by atoms with Crippen LogP contribution in [-0.4, -0.2) is 65.2 Å². The molecule has 0 aromatic heterocycles. The quantitative estimate of drug-likeness (QED) is 0.505. The zero-order valence-corrected chi connectivity index (χ0v) is 21.8. The van der Waals surface area contributed by atoms with Gasteiger partial charge in [-0.15, -0.1) is 0 Å². The van der Waals surface area contributed by atoms with Gasteiger partial charge in [-0.05, 0) is 31.2 Å². The number of ether oxygens (including phenoxy) is 2. The van der Waals surface area contributed by atoms with Crippen molar-refractivity contribution in [2.24, 2.45) is 0 Å². The summed E-state index contributed by atoms with van der Waals surface area (Å²) >= 11 is 12.6. The molecular formula is C22H27Cl2N3O6S. The SMILES string of the molecule is CNC(=O)C(C)N(Cc1c(Cl)cccc1Cl)C(=O)CN(c1ccc(OC)cc1OC)S(C)(=O)=O.